The largest absolute Gasteiger partial charge is 0.494 e. The summed E-state index contributed by atoms with van der Waals surface area (Å²) in [6.45, 7) is 5.47. The van der Waals surface area contributed by atoms with Crippen molar-refractivity contribution >= 4 is 18.5 Å². The standard InChI is InChI=1S/C10H13NO2.ClH/c1-4-9-8(6-12)5-11-7(2)10(9)13-3;/h4-5,12H,1,6H2,2-3H3;1H. The second kappa shape index (κ2) is 5.62. The highest BCUT2D eigenvalue weighted by molar-refractivity contribution is 5.85. The van der Waals surface area contributed by atoms with Crippen LogP contribution in [-0.2, 0) is 6.61 Å². The molecule has 0 amide bonds. The Bertz CT molecular complexity index is 326. The first-order valence-electron chi connectivity index (χ1n) is 4.00. The van der Waals surface area contributed by atoms with Crippen molar-refractivity contribution in [3.63, 3.8) is 0 Å². The van der Waals surface area contributed by atoms with Crippen molar-refractivity contribution in [2.24, 2.45) is 0 Å². The first-order chi connectivity index (χ1) is 6.24. The number of nitrogens with zero attached hydrogens (tertiary/aromatic N) is 1. The van der Waals surface area contributed by atoms with Crippen LogP contribution in [0.4, 0.5) is 0 Å². The van der Waals surface area contributed by atoms with Gasteiger partial charge in [-0.25, -0.2) is 0 Å². The van der Waals surface area contributed by atoms with Crippen LogP contribution in [0.1, 0.15) is 16.8 Å². The molecule has 1 aromatic heterocycles. The molecule has 1 N–H and O–H groups in total. The number of aromatic nitrogens is 1. The van der Waals surface area contributed by atoms with Crippen molar-refractivity contribution in [1.29, 1.82) is 0 Å². The average molecular weight is 216 g/mol. The van der Waals surface area contributed by atoms with E-state index in [0.717, 1.165) is 16.8 Å². The smallest absolute Gasteiger partial charge is 0.147 e. The lowest BCUT2D eigenvalue weighted by molar-refractivity contribution is 0.280. The van der Waals surface area contributed by atoms with Crippen LogP contribution in [0, 0.1) is 6.92 Å². The van der Waals surface area contributed by atoms with E-state index in [1.54, 1.807) is 19.4 Å². The van der Waals surface area contributed by atoms with E-state index < -0.39 is 0 Å². The van der Waals surface area contributed by atoms with Crippen LogP contribution in [0.25, 0.3) is 6.08 Å². The Balaban J connectivity index is 0.00000169. The maximum Gasteiger partial charge on any atom is 0.147 e. The van der Waals surface area contributed by atoms with E-state index in [1.165, 1.54) is 0 Å². The SMILES string of the molecule is C=Cc1c(CO)cnc(C)c1OC.Cl. The van der Waals surface area contributed by atoms with Crippen molar-refractivity contribution < 1.29 is 9.84 Å². The molecule has 78 valence electrons. The number of aryl methyl sites for hydroxylation is 1. The van der Waals surface area contributed by atoms with Gasteiger partial charge < -0.3 is 9.84 Å². The number of methoxy groups -OCH3 is 1. The second-order valence-corrected chi connectivity index (χ2v) is 2.68. The summed E-state index contributed by atoms with van der Waals surface area (Å²) in [4.78, 5) is 4.10. The Hall–Kier alpha value is -1.06. The van der Waals surface area contributed by atoms with Gasteiger partial charge in [0.05, 0.1) is 19.4 Å². The summed E-state index contributed by atoms with van der Waals surface area (Å²) in [7, 11) is 1.58. The van der Waals surface area contributed by atoms with Gasteiger partial charge >= 0.3 is 0 Å². The molecule has 0 saturated heterocycles. The molecule has 1 heterocycles. The van der Waals surface area contributed by atoms with Gasteiger partial charge in [0.2, 0.25) is 0 Å². The van der Waals surface area contributed by atoms with Crippen molar-refractivity contribution in [3.8, 4) is 5.75 Å². The number of pyridine rings is 1. The molecule has 0 saturated carbocycles. The zero-order valence-corrected chi connectivity index (χ0v) is 9.10. The molecule has 1 rings (SSSR count). The third kappa shape index (κ3) is 2.25. The minimum absolute atomic E-state index is 0. The third-order valence-electron chi connectivity index (χ3n) is 1.91. The second-order valence-electron chi connectivity index (χ2n) is 2.68. The van der Waals surface area contributed by atoms with E-state index in [2.05, 4.69) is 11.6 Å². The van der Waals surface area contributed by atoms with Crippen LogP contribution in [0.2, 0.25) is 0 Å². The van der Waals surface area contributed by atoms with E-state index in [9.17, 15) is 0 Å². The molecule has 0 fully saturated rings. The van der Waals surface area contributed by atoms with Crippen LogP contribution < -0.4 is 4.74 Å². The maximum atomic E-state index is 9.02. The summed E-state index contributed by atoms with van der Waals surface area (Å²) in [5.41, 5.74) is 2.35. The van der Waals surface area contributed by atoms with Gasteiger partial charge in [-0.2, -0.15) is 0 Å². The molecule has 0 aliphatic carbocycles. The average Bonchev–Trinajstić information content (AvgIpc) is 2.17. The van der Waals surface area contributed by atoms with E-state index in [1.807, 2.05) is 6.92 Å². The molecule has 3 nitrogen and oxygen atoms in total. The van der Waals surface area contributed by atoms with Gasteiger partial charge in [-0.3, -0.25) is 4.98 Å². The molecular weight excluding hydrogens is 202 g/mol. The fraction of sp³-hybridized carbons (Fsp3) is 0.300. The number of aliphatic hydroxyl groups is 1. The molecule has 0 aromatic carbocycles. The third-order valence-corrected chi connectivity index (χ3v) is 1.91. The van der Waals surface area contributed by atoms with Crippen molar-refractivity contribution in [2.75, 3.05) is 7.11 Å². The van der Waals surface area contributed by atoms with E-state index >= 15 is 0 Å². The monoisotopic (exact) mass is 215 g/mol. The predicted octanol–water partition coefficient (Wildman–Crippen LogP) is 1.96. The minimum atomic E-state index is -0.0506. The van der Waals surface area contributed by atoms with Crippen molar-refractivity contribution in [1.82, 2.24) is 4.98 Å². The highest BCUT2D eigenvalue weighted by atomic mass is 35.5. The van der Waals surface area contributed by atoms with Gasteiger partial charge in [0.1, 0.15) is 5.75 Å². The summed E-state index contributed by atoms with van der Waals surface area (Å²) < 4.78 is 5.16. The number of hydrogen-bond acceptors (Lipinski definition) is 3. The molecule has 0 unspecified atom stereocenters. The normalized spacial score (nSPS) is 9.07. The van der Waals surface area contributed by atoms with Gasteiger partial charge in [-0.05, 0) is 6.92 Å². The zero-order valence-electron chi connectivity index (χ0n) is 8.28. The fourth-order valence-electron chi connectivity index (χ4n) is 1.25. The highest BCUT2D eigenvalue weighted by Crippen LogP contribution is 2.25. The summed E-state index contributed by atoms with van der Waals surface area (Å²) in [6.07, 6.45) is 3.30. The molecule has 0 bridgehead atoms. The Labute approximate surface area is 89.8 Å². The quantitative estimate of drug-likeness (QED) is 0.838. The number of ether oxygens (including phenoxy) is 1. The van der Waals surface area contributed by atoms with E-state index in [-0.39, 0.29) is 19.0 Å². The Morgan fingerprint density at radius 1 is 1.64 bits per heavy atom. The van der Waals surface area contributed by atoms with Gasteiger partial charge in [0.15, 0.2) is 0 Å². The molecule has 14 heavy (non-hydrogen) atoms. The lowest BCUT2D eigenvalue weighted by Gasteiger charge is -2.10. The summed E-state index contributed by atoms with van der Waals surface area (Å²) in [6, 6.07) is 0. The minimum Gasteiger partial charge on any atom is -0.494 e. The topological polar surface area (TPSA) is 42.4 Å². The van der Waals surface area contributed by atoms with Crippen LogP contribution in [0.5, 0.6) is 5.75 Å². The van der Waals surface area contributed by atoms with Crippen LogP contribution in [0.3, 0.4) is 0 Å². The molecule has 0 atom stereocenters. The first kappa shape index (κ1) is 12.9. The van der Waals surface area contributed by atoms with Gasteiger partial charge in [0, 0.05) is 17.3 Å². The van der Waals surface area contributed by atoms with Gasteiger partial charge in [0.25, 0.3) is 0 Å². The van der Waals surface area contributed by atoms with Crippen LogP contribution >= 0.6 is 12.4 Å². The van der Waals surface area contributed by atoms with Crippen molar-refractivity contribution in [3.05, 3.63) is 29.6 Å². The van der Waals surface area contributed by atoms with Gasteiger partial charge in [-0.15, -0.1) is 12.4 Å². The predicted molar refractivity (Wildman–Crippen MR) is 58.8 cm³/mol. The van der Waals surface area contributed by atoms with Crippen LogP contribution in [0.15, 0.2) is 12.8 Å². The highest BCUT2D eigenvalue weighted by Gasteiger charge is 2.08. The van der Waals surface area contributed by atoms with Gasteiger partial charge in [-0.1, -0.05) is 12.7 Å². The molecule has 0 aliphatic heterocycles. The Morgan fingerprint density at radius 2 is 2.29 bits per heavy atom. The van der Waals surface area contributed by atoms with Crippen LogP contribution in [-0.4, -0.2) is 17.2 Å². The molecular formula is C10H14ClNO2. The van der Waals surface area contributed by atoms with E-state index in [4.69, 9.17) is 9.84 Å². The molecule has 4 heteroatoms. The van der Waals surface area contributed by atoms with E-state index in [0.29, 0.717) is 5.75 Å². The molecule has 0 radical (unpaired) electrons. The number of hydrogen-bond donors (Lipinski definition) is 1. The number of rotatable bonds is 3. The Morgan fingerprint density at radius 3 is 2.71 bits per heavy atom. The number of halogens is 1. The summed E-state index contributed by atoms with van der Waals surface area (Å²) >= 11 is 0. The fourth-order valence-corrected chi connectivity index (χ4v) is 1.25. The zero-order chi connectivity index (χ0) is 9.84. The molecule has 1 aromatic rings. The lowest BCUT2D eigenvalue weighted by atomic mass is 10.1. The summed E-state index contributed by atoms with van der Waals surface area (Å²) in [5.74, 6) is 0.682. The van der Waals surface area contributed by atoms with Crippen molar-refractivity contribution in [2.45, 2.75) is 13.5 Å². The maximum absolute atomic E-state index is 9.02. The molecule has 0 aliphatic rings. The molecule has 0 spiro atoms. The first-order valence-corrected chi connectivity index (χ1v) is 4.00. The summed E-state index contributed by atoms with van der Waals surface area (Å²) in [5, 5.41) is 9.02. The number of aliphatic hydroxyl groups excluding tert-OH is 1. The Kier molecular flexibility index (Phi) is 5.20. The lowest BCUT2D eigenvalue weighted by Crippen LogP contribution is -1.98.